The Kier molecular flexibility index (Phi) is 3.79. The third kappa shape index (κ3) is 2.76. The predicted octanol–water partition coefficient (Wildman–Crippen LogP) is 0.221. The van der Waals surface area contributed by atoms with E-state index in [4.69, 9.17) is 4.52 Å². The van der Waals surface area contributed by atoms with Gasteiger partial charge in [0.15, 0.2) is 6.04 Å². The van der Waals surface area contributed by atoms with Crippen LogP contribution >= 0.6 is 0 Å². The van der Waals surface area contributed by atoms with Crippen molar-refractivity contribution in [3.8, 4) is 0 Å². The quantitative estimate of drug-likeness (QED) is 0.702. The van der Waals surface area contributed by atoms with Gasteiger partial charge in [-0.05, 0) is 11.7 Å². The van der Waals surface area contributed by atoms with Crippen molar-refractivity contribution in [1.82, 2.24) is 10.6 Å². The predicted molar refractivity (Wildman–Crippen MR) is 54.2 cm³/mol. The van der Waals surface area contributed by atoms with Crippen LogP contribution in [0.15, 0.2) is 4.52 Å². The summed E-state index contributed by atoms with van der Waals surface area (Å²) in [5, 5.41) is 9.49. The summed E-state index contributed by atoms with van der Waals surface area (Å²) in [6.45, 7) is 6.03. The first-order chi connectivity index (χ1) is 7.06. The monoisotopic (exact) mass is 213 g/mol. The number of carbonyl (C=O) groups is 1. The molecule has 0 aliphatic carbocycles. The fourth-order valence-electron chi connectivity index (χ4n) is 1.28. The van der Waals surface area contributed by atoms with Gasteiger partial charge in [0.05, 0.1) is 6.54 Å². The molecule has 0 aliphatic heterocycles. The minimum atomic E-state index is -0.167. The first kappa shape index (κ1) is 11.6. The van der Waals surface area contributed by atoms with E-state index in [1.54, 1.807) is 4.68 Å². The molecule has 15 heavy (non-hydrogen) atoms. The number of aromatic nitrogens is 2. The molecule has 0 aliphatic rings. The highest BCUT2D eigenvalue weighted by Gasteiger charge is 2.26. The highest BCUT2D eigenvalue weighted by atomic mass is 16.5. The molecule has 1 aromatic heterocycles. The van der Waals surface area contributed by atoms with Crippen LogP contribution in [-0.2, 0) is 11.3 Å². The van der Waals surface area contributed by atoms with Gasteiger partial charge in [-0.3, -0.25) is 14.6 Å². The van der Waals surface area contributed by atoms with Crippen LogP contribution in [-0.4, -0.2) is 18.2 Å². The molecule has 0 aromatic carbocycles. The van der Waals surface area contributed by atoms with Gasteiger partial charge >= 0.3 is 5.88 Å². The molecule has 0 unspecified atom stereocenters. The third-order valence-corrected chi connectivity index (χ3v) is 1.88. The number of nitrogens with zero attached hydrogens (tertiary/aromatic N) is 2. The second-order valence-corrected chi connectivity index (χ2v) is 3.60. The molecule has 1 aromatic rings. The van der Waals surface area contributed by atoms with E-state index in [1.165, 1.54) is 6.92 Å². The minimum absolute atomic E-state index is 0.167. The Balaban J connectivity index is 3.00. The second kappa shape index (κ2) is 4.88. The molecule has 6 heteroatoms. The van der Waals surface area contributed by atoms with Crippen LogP contribution < -0.4 is 15.3 Å². The molecule has 0 atom stereocenters. The van der Waals surface area contributed by atoms with Crippen molar-refractivity contribution in [3.05, 3.63) is 5.69 Å². The van der Waals surface area contributed by atoms with E-state index in [0.717, 1.165) is 5.69 Å². The van der Waals surface area contributed by atoms with Crippen molar-refractivity contribution < 1.29 is 14.0 Å². The normalized spacial score (nSPS) is 10.7. The van der Waals surface area contributed by atoms with Crippen LogP contribution in [0.1, 0.15) is 32.5 Å². The van der Waals surface area contributed by atoms with Crippen molar-refractivity contribution in [2.75, 3.05) is 12.4 Å². The Morgan fingerprint density at radius 3 is 2.73 bits per heavy atom. The maximum Gasteiger partial charge on any atom is 0.306 e. The topological polar surface area (TPSA) is 71.0 Å². The Bertz CT molecular complexity index is 346. The molecule has 6 nitrogen and oxygen atoms in total. The highest BCUT2D eigenvalue weighted by Crippen LogP contribution is 2.11. The zero-order valence-corrected chi connectivity index (χ0v) is 9.50. The smallest absolute Gasteiger partial charge is 0.306 e. The summed E-state index contributed by atoms with van der Waals surface area (Å²) in [5.74, 6) is 0.241. The van der Waals surface area contributed by atoms with Crippen LogP contribution in [0, 0.1) is 0 Å². The summed E-state index contributed by atoms with van der Waals surface area (Å²) in [6.07, 6.45) is 0. The van der Waals surface area contributed by atoms with Gasteiger partial charge < -0.3 is 5.32 Å². The lowest BCUT2D eigenvalue weighted by atomic mass is 10.3. The van der Waals surface area contributed by atoms with Gasteiger partial charge in [0.2, 0.25) is 11.2 Å². The summed E-state index contributed by atoms with van der Waals surface area (Å²) in [5.41, 5.74) is 0.836. The van der Waals surface area contributed by atoms with Gasteiger partial charge in [-0.15, -0.1) is 0 Å². The van der Waals surface area contributed by atoms with Crippen LogP contribution in [0.5, 0.6) is 0 Å². The SMILES string of the molecule is CNCc1c(NC(C)=O)on[n+]1C(C)C. The Morgan fingerprint density at radius 1 is 1.60 bits per heavy atom. The minimum Gasteiger partial charge on any atom is -0.310 e. The molecule has 0 bridgehead atoms. The molecule has 1 rings (SSSR count). The largest absolute Gasteiger partial charge is 0.310 e. The number of rotatable bonds is 4. The van der Waals surface area contributed by atoms with E-state index in [9.17, 15) is 4.79 Å². The van der Waals surface area contributed by atoms with E-state index in [2.05, 4.69) is 15.9 Å². The van der Waals surface area contributed by atoms with E-state index >= 15 is 0 Å². The first-order valence-corrected chi connectivity index (χ1v) is 4.88. The Morgan fingerprint density at radius 2 is 2.27 bits per heavy atom. The average molecular weight is 213 g/mol. The summed E-state index contributed by atoms with van der Waals surface area (Å²) in [7, 11) is 1.83. The van der Waals surface area contributed by atoms with Gasteiger partial charge in [0, 0.05) is 20.8 Å². The molecule has 0 saturated heterocycles. The van der Waals surface area contributed by atoms with Crippen LogP contribution in [0.25, 0.3) is 0 Å². The maximum atomic E-state index is 10.9. The third-order valence-electron chi connectivity index (χ3n) is 1.88. The molecule has 1 amide bonds. The van der Waals surface area contributed by atoms with Crippen LogP contribution in [0.4, 0.5) is 5.88 Å². The highest BCUT2D eigenvalue weighted by molar-refractivity contribution is 5.87. The first-order valence-electron chi connectivity index (χ1n) is 4.88. The van der Waals surface area contributed by atoms with Crippen LogP contribution in [0.2, 0.25) is 0 Å². The molecule has 0 saturated carbocycles. The number of nitrogens with one attached hydrogen (secondary N) is 2. The number of amides is 1. The summed E-state index contributed by atoms with van der Waals surface area (Å²) >= 11 is 0. The van der Waals surface area contributed by atoms with Gasteiger partial charge in [-0.2, -0.15) is 0 Å². The summed E-state index contributed by atoms with van der Waals surface area (Å²) in [6, 6.07) is 0.194. The molecule has 0 spiro atoms. The molecule has 1 heterocycles. The van der Waals surface area contributed by atoms with Gasteiger partial charge in [0.25, 0.3) is 5.69 Å². The molecule has 0 fully saturated rings. The summed E-state index contributed by atoms with van der Waals surface area (Å²) < 4.78 is 6.80. The van der Waals surface area contributed by atoms with Crippen LogP contribution in [0.3, 0.4) is 0 Å². The van der Waals surface area contributed by atoms with E-state index < -0.39 is 0 Å². The van der Waals surface area contributed by atoms with Crippen molar-refractivity contribution in [2.24, 2.45) is 0 Å². The van der Waals surface area contributed by atoms with Crippen molar-refractivity contribution >= 4 is 11.8 Å². The molecule has 0 radical (unpaired) electrons. The lowest BCUT2D eigenvalue weighted by Crippen LogP contribution is -2.43. The van der Waals surface area contributed by atoms with Crippen molar-refractivity contribution in [2.45, 2.75) is 33.4 Å². The number of carbonyl (C=O) groups excluding carboxylic acids is 1. The van der Waals surface area contributed by atoms with Gasteiger partial charge in [-0.25, -0.2) is 0 Å². The van der Waals surface area contributed by atoms with Gasteiger partial charge in [0.1, 0.15) is 0 Å². The van der Waals surface area contributed by atoms with Crippen molar-refractivity contribution in [1.29, 1.82) is 0 Å². The van der Waals surface area contributed by atoms with Gasteiger partial charge in [-0.1, -0.05) is 0 Å². The van der Waals surface area contributed by atoms with E-state index in [1.807, 2.05) is 20.9 Å². The Hall–Kier alpha value is -1.43. The molecular weight excluding hydrogens is 196 g/mol. The second-order valence-electron chi connectivity index (χ2n) is 3.60. The number of hydrogen-bond acceptors (Lipinski definition) is 4. The standard InChI is InChI=1S/C9H16N4O2/c1-6(2)13-8(5-10-4)9(15-12-13)11-7(3)14/h6,10H,5H2,1-4H3/p+1. The molecule has 2 N–H and O–H groups in total. The number of anilines is 1. The molecule has 84 valence electrons. The van der Waals surface area contributed by atoms with Crippen molar-refractivity contribution in [3.63, 3.8) is 0 Å². The van der Waals surface area contributed by atoms with E-state index in [-0.39, 0.29) is 11.9 Å². The zero-order valence-electron chi connectivity index (χ0n) is 9.50. The lowest BCUT2D eigenvalue weighted by Gasteiger charge is -1.98. The average Bonchev–Trinajstić information content (AvgIpc) is 2.48. The molecular formula is C9H17N4O2+. The zero-order chi connectivity index (χ0) is 11.4. The number of hydrogen-bond donors (Lipinski definition) is 2. The van der Waals surface area contributed by atoms with E-state index in [0.29, 0.717) is 12.4 Å². The fraction of sp³-hybridized carbons (Fsp3) is 0.667. The Labute approximate surface area is 88.6 Å². The summed E-state index contributed by atoms with van der Waals surface area (Å²) in [4.78, 5) is 10.9. The fourth-order valence-corrected chi connectivity index (χ4v) is 1.28. The maximum absolute atomic E-state index is 10.9. The lowest BCUT2D eigenvalue weighted by molar-refractivity contribution is -0.785.